The topological polar surface area (TPSA) is 37.8 Å². The molecule has 3 nitrogen and oxygen atoms in total. The Morgan fingerprint density at radius 1 is 1.19 bits per heavy atom. The third kappa shape index (κ3) is 2.94. The first-order valence-corrected chi connectivity index (χ1v) is 9.28. The fourth-order valence-corrected chi connectivity index (χ4v) is 4.38. The van der Waals surface area contributed by atoms with E-state index in [1.807, 2.05) is 11.8 Å². The van der Waals surface area contributed by atoms with Crippen LogP contribution in [-0.2, 0) is 16.9 Å². The first-order valence-electron chi connectivity index (χ1n) is 7.31. The number of rotatable bonds is 3. The van der Waals surface area contributed by atoms with E-state index >= 15 is 0 Å². The fourth-order valence-electron chi connectivity index (χ4n) is 2.34. The molecule has 0 radical (unpaired) electrons. The molecule has 1 N–H and O–H groups in total. The predicted molar refractivity (Wildman–Crippen MR) is 93.2 cm³/mol. The number of nitrogens with zero attached hydrogens (tertiary/aromatic N) is 2. The number of fused-ring (bicyclic) bond motifs is 1. The van der Waals surface area contributed by atoms with Crippen molar-refractivity contribution in [2.24, 2.45) is 0 Å². The number of thiophene rings is 1. The SMILES string of the molecule is CCNc1nc(-c2ccc(C(C)(C)C)s2)nc2c1CSC2. The zero-order chi connectivity index (χ0) is 15.0. The van der Waals surface area contributed by atoms with Gasteiger partial charge in [-0.25, -0.2) is 9.97 Å². The van der Waals surface area contributed by atoms with Crippen molar-refractivity contribution in [2.75, 3.05) is 11.9 Å². The molecule has 21 heavy (non-hydrogen) atoms. The minimum absolute atomic E-state index is 0.181. The van der Waals surface area contributed by atoms with Gasteiger partial charge >= 0.3 is 0 Å². The molecule has 0 fully saturated rings. The predicted octanol–water partition coefficient (Wildman–Crippen LogP) is 4.68. The Hall–Kier alpha value is -1.07. The van der Waals surface area contributed by atoms with E-state index in [-0.39, 0.29) is 5.41 Å². The van der Waals surface area contributed by atoms with Crippen LogP contribution in [0.4, 0.5) is 5.82 Å². The third-order valence-electron chi connectivity index (χ3n) is 3.49. The van der Waals surface area contributed by atoms with Crippen molar-refractivity contribution in [1.82, 2.24) is 9.97 Å². The highest BCUT2D eigenvalue weighted by Crippen LogP contribution is 2.37. The van der Waals surface area contributed by atoms with E-state index in [4.69, 9.17) is 9.97 Å². The smallest absolute Gasteiger partial charge is 0.171 e. The van der Waals surface area contributed by atoms with Gasteiger partial charge in [0.15, 0.2) is 5.82 Å². The molecule has 0 saturated heterocycles. The van der Waals surface area contributed by atoms with Crippen LogP contribution in [0.3, 0.4) is 0 Å². The van der Waals surface area contributed by atoms with E-state index < -0.39 is 0 Å². The van der Waals surface area contributed by atoms with Crippen molar-refractivity contribution >= 4 is 28.9 Å². The van der Waals surface area contributed by atoms with Gasteiger partial charge in [0, 0.05) is 28.5 Å². The number of nitrogens with one attached hydrogen (secondary N) is 1. The molecule has 0 unspecified atom stereocenters. The summed E-state index contributed by atoms with van der Waals surface area (Å²) in [6, 6.07) is 4.36. The lowest BCUT2D eigenvalue weighted by molar-refractivity contribution is 0.604. The molecule has 2 aromatic heterocycles. The number of anilines is 1. The molecule has 2 aromatic rings. The van der Waals surface area contributed by atoms with Crippen LogP contribution in [0, 0.1) is 0 Å². The number of thioether (sulfide) groups is 1. The van der Waals surface area contributed by atoms with Gasteiger partial charge in [-0.2, -0.15) is 11.8 Å². The number of hydrogen-bond acceptors (Lipinski definition) is 5. The molecule has 3 heterocycles. The zero-order valence-electron chi connectivity index (χ0n) is 13.0. The van der Waals surface area contributed by atoms with Crippen molar-refractivity contribution in [3.63, 3.8) is 0 Å². The van der Waals surface area contributed by atoms with Crippen LogP contribution in [0.1, 0.15) is 43.8 Å². The highest BCUT2D eigenvalue weighted by Gasteiger charge is 2.22. The summed E-state index contributed by atoms with van der Waals surface area (Å²) in [5.41, 5.74) is 2.67. The second kappa shape index (κ2) is 5.61. The fraction of sp³-hybridized carbons (Fsp3) is 0.500. The summed E-state index contributed by atoms with van der Waals surface area (Å²) in [5.74, 6) is 3.91. The molecule has 0 aliphatic carbocycles. The van der Waals surface area contributed by atoms with Crippen LogP contribution in [0.5, 0.6) is 0 Å². The van der Waals surface area contributed by atoms with Gasteiger partial charge in [-0.05, 0) is 24.5 Å². The summed E-state index contributed by atoms with van der Waals surface area (Å²) in [5, 5.41) is 3.40. The lowest BCUT2D eigenvalue weighted by Crippen LogP contribution is -2.07. The standard InChI is InChI=1S/C16H21N3S2/c1-5-17-14-10-8-20-9-11(10)18-15(19-14)12-6-7-13(21-12)16(2,3)4/h6-7H,5,8-9H2,1-4H3,(H,17,18,19). The van der Waals surface area contributed by atoms with Crippen molar-refractivity contribution in [1.29, 1.82) is 0 Å². The third-order valence-corrected chi connectivity index (χ3v) is 5.97. The van der Waals surface area contributed by atoms with Gasteiger partial charge in [0.1, 0.15) is 5.82 Å². The van der Waals surface area contributed by atoms with Gasteiger partial charge in [0.05, 0.1) is 10.6 Å². The quantitative estimate of drug-likeness (QED) is 0.891. The Morgan fingerprint density at radius 2 is 2.00 bits per heavy atom. The minimum Gasteiger partial charge on any atom is -0.370 e. The molecule has 3 rings (SSSR count). The van der Waals surface area contributed by atoms with Crippen molar-refractivity contribution in [2.45, 2.75) is 44.6 Å². The van der Waals surface area contributed by atoms with Gasteiger partial charge in [-0.15, -0.1) is 11.3 Å². The van der Waals surface area contributed by atoms with E-state index in [1.54, 1.807) is 11.3 Å². The molecular formula is C16H21N3S2. The Kier molecular flexibility index (Phi) is 3.97. The molecule has 0 atom stereocenters. The van der Waals surface area contributed by atoms with Gasteiger partial charge in [0.2, 0.25) is 0 Å². The lowest BCUT2D eigenvalue weighted by atomic mass is 9.95. The van der Waals surface area contributed by atoms with Crippen LogP contribution >= 0.6 is 23.1 Å². The summed E-state index contributed by atoms with van der Waals surface area (Å²) < 4.78 is 0. The summed E-state index contributed by atoms with van der Waals surface area (Å²) in [4.78, 5) is 12.1. The van der Waals surface area contributed by atoms with Gasteiger partial charge < -0.3 is 5.32 Å². The molecule has 0 aromatic carbocycles. The van der Waals surface area contributed by atoms with Crippen molar-refractivity contribution in [3.05, 3.63) is 28.3 Å². The molecule has 0 amide bonds. The van der Waals surface area contributed by atoms with Crippen LogP contribution in [0.25, 0.3) is 10.7 Å². The highest BCUT2D eigenvalue weighted by molar-refractivity contribution is 7.98. The maximum absolute atomic E-state index is 4.80. The molecular weight excluding hydrogens is 298 g/mol. The largest absolute Gasteiger partial charge is 0.370 e. The molecule has 1 aliphatic rings. The zero-order valence-corrected chi connectivity index (χ0v) is 14.6. The van der Waals surface area contributed by atoms with Crippen molar-refractivity contribution in [3.8, 4) is 10.7 Å². The van der Waals surface area contributed by atoms with Gasteiger partial charge in [-0.1, -0.05) is 20.8 Å². The summed E-state index contributed by atoms with van der Waals surface area (Å²) in [6.45, 7) is 9.73. The maximum atomic E-state index is 4.80. The summed E-state index contributed by atoms with van der Waals surface area (Å²) in [6.07, 6.45) is 0. The average molecular weight is 319 g/mol. The summed E-state index contributed by atoms with van der Waals surface area (Å²) in [7, 11) is 0. The monoisotopic (exact) mass is 319 g/mol. The summed E-state index contributed by atoms with van der Waals surface area (Å²) >= 11 is 3.72. The van der Waals surface area contributed by atoms with Gasteiger partial charge in [-0.3, -0.25) is 0 Å². The Morgan fingerprint density at radius 3 is 2.67 bits per heavy atom. The maximum Gasteiger partial charge on any atom is 0.171 e. The Balaban J connectivity index is 2.03. The van der Waals surface area contributed by atoms with E-state index in [2.05, 4.69) is 45.1 Å². The average Bonchev–Trinajstić information content (AvgIpc) is 3.07. The number of aromatic nitrogens is 2. The van der Waals surface area contributed by atoms with E-state index in [0.717, 1.165) is 29.7 Å². The van der Waals surface area contributed by atoms with E-state index in [9.17, 15) is 0 Å². The molecule has 112 valence electrons. The Labute approximate surface area is 134 Å². The van der Waals surface area contributed by atoms with E-state index in [0.29, 0.717) is 0 Å². The van der Waals surface area contributed by atoms with Crippen LogP contribution < -0.4 is 5.32 Å². The van der Waals surface area contributed by atoms with Gasteiger partial charge in [0.25, 0.3) is 0 Å². The Bertz CT molecular complexity index is 656. The minimum atomic E-state index is 0.181. The highest BCUT2D eigenvalue weighted by atomic mass is 32.2. The molecule has 0 saturated carbocycles. The molecule has 5 heteroatoms. The lowest BCUT2D eigenvalue weighted by Gasteiger charge is -2.15. The first-order chi connectivity index (χ1) is 9.99. The first kappa shape index (κ1) is 14.9. The molecule has 0 spiro atoms. The second-order valence-electron chi connectivity index (χ2n) is 6.26. The second-order valence-corrected chi connectivity index (χ2v) is 8.33. The van der Waals surface area contributed by atoms with Crippen LogP contribution in [-0.4, -0.2) is 16.5 Å². The normalized spacial score (nSPS) is 14.3. The van der Waals surface area contributed by atoms with Crippen LogP contribution in [0.2, 0.25) is 0 Å². The van der Waals surface area contributed by atoms with E-state index in [1.165, 1.54) is 21.0 Å². The number of hydrogen-bond donors (Lipinski definition) is 1. The molecule has 0 bridgehead atoms. The van der Waals surface area contributed by atoms with Crippen LogP contribution in [0.15, 0.2) is 12.1 Å². The molecule has 1 aliphatic heterocycles. The van der Waals surface area contributed by atoms with Crippen molar-refractivity contribution < 1.29 is 0 Å².